The van der Waals surface area contributed by atoms with E-state index in [1.165, 1.54) is 12.3 Å². The van der Waals surface area contributed by atoms with E-state index in [0.717, 1.165) is 50.9 Å². The molecule has 138 valence electrons. The summed E-state index contributed by atoms with van der Waals surface area (Å²) < 4.78 is 38.3. The van der Waals surface area contributed by atoms with Gasteiger partial charge in [-0.05, 0) is 43.2 Å². The lowest BCUT2D eigenvalue weighted by Crippen LogP contribution is -2.32. The lowest BCUT2D eigenvalue weighted by molar-refractivity contribution is -0.137. The molecule has 0 unspecified atom stereocenters. The van der Waals surface area contributed by atoms with Crippen LogP contribution in [0.2, 0.25) is 0 Å². The van der Waals surface area contributed by atoms with E-state index in [1.807, 2.05) is 4.90 Å². The smallest absolute Gasteiger partial charge is 0.354 e. The minimum atomic E-state index is -4.39. The Bertz CT molecular complexity index is 751. The maximum Gasteiger partial charge on any atom is 0.416 e. The molecule has 4 nitrogen and oxygen atoms in total. The second-order valence-electron chi connectivity index (χ2n) is 6.34. The SMILES string of the molecule is O=C(c1ccc(Nc2cccc(C(F)(F)F)c2)cn1)N1CCCCCC1. The Morgan fingerprint density at radius 2 is 1.73 bits per heavy atom. The largest absolute Gasteiger partial charge is 0.416 e. The van der Waals surface area contributed by atoms with Gasteiger partial charge >= 0.3 is 6.18 Å². The van der Waals surface area contributed by atoms with Crippen molar-refractivity contribution in [3.8, 4) is 0 Å². The minimum Gasteiger partial charge on any atom is -0.354 e. The average Bonchev–Trinajstić information content (AvgIpc) is 2.91. The van der Waals surface area contributed by atoms with Gasteiger partial charge in [0.25, 0.3) is 5.91 Å². The van der Waals surface area contributed by atoms with E-state index in [1.54, 1.807) is 18.2 Å². The van der Waals surface area contributed by atoms with Gasteiger partial charge in [0.1, 0.15) is 5.69 Å². The number of nitrogens with one attached hydrogen (secondary N) is 1. The van der Waals surface area contributed by atoms with E-state index < -0.39 is 11.7 Å². The highest BCUT2D eigenvalue weighted by Gasteiger charge is 2.30. The van der Waals surface area contributed by atoms with Gasteiger partial charge in [-0.25, -0.2) is 4.98 Å². The van der Waals surface area contributed by atoms with E-state index >= 15 is 0 Å². The fourth-order valence-electron chi connectivity index (χ4n) is 2.97. The van der Waals surface area contributed by atoms with Gasteiger partial charge < -0.3 is 10.2 Å². The quantitative estimate of drug-likeness (QED) is 0.847. The Morgan fingerprint density at radius 1 is 1.00 bits per heavy atom. The molecule has 1 aliphatic rings. The third kappa shape index (κ3) is 4.53. The van der Waals surface area contributed by atoms with Crippen molar-refractivity contribution in [2.45, 2.75) is 31.9 Å². The third-order valence-corrected chi connectivity index (χ3v) is 4.35. The first-order valence-corrected chi connectivity index (χ1v) is 8.63. The summed E-state index contributed by atoms with van der Waals surface area (Å²) in [6.45, 7) is 1.48. The van der Waals surface area contributed by atoms with Gasteiger partial charge in [-0.1, -0.05) is 18.9 Å². The van der Waals surface area contributed by atoms with Crippen LogP contribution >= 0.6 is 0 Å². The summed E-state index contributed by atoms with van der Waals surface area (Å²) in [6.07, 6.45) is 1.35. The Hall–Kier alpha value is -2.57. The molecule has 2 aromatic rings. The number of rotatable bonds is 3. The number of carbonyl (C=O) groups is 1. The van der Waals surface area contributed by atoms with Crippen LogP contribution in [-0.2, 0) is 6.18 Å². The maximum absolute atomic E-state index is 12.8. The number of hydrogen-bond acceptors (Lipinski definition) is 3. The molecule has 1 aromatic heterocycles. The molecular formula is C19H20F3N3O. The van der Waals surface area contributed by atoms with Crippen LogP contribution in [0.1, 0.15) is 41.7 Å². The number of benzene rings is 1. The van der Waals surface area contributed by atoms with Gasteiger partial charge in [-0.2, -0.15) is 13.2 Å². The summed E-state index contributed by atoms with van der Waals surface area (Å²) in [6, 6.07) is 8.20. The number of amides is 1. The van der Waals surface area contributed by atoms with Crippen molar-refractivity contribution < 1.29 is 18.0 Å². The number of halogens is 3. The number of alkyl halides is 3. The molecule has 0 bridgehead atoms. The normalized spacial score (nSPS) is 15.4. The highest BCUT2D eigenvalue weighted by Crippen LogP contribution is 2.31. The zero-order valence-electron chi connectivity index (χ0n) is 14.2. The van der Waals surface area contributed by atoms with Crippen molar-refractivity contribution in [3.63, 3.8) is 0 Å². The first-order valence-electron chi connectivity index (χ1n) is 8.63. The predicted molar refractivity (Wildman–Crippen MR) is 93.3 cm³/mol. The predicted octanol–water partition coefficient (Wildman–Crippen LogP) is 4.86. The van der Waals surface area contributed by atoms with Crippen LogP contribution in [0.25, 0.3) is 0 Å². The number of nitrogens with zero attached hydrogens (tertiary/aromatic N) is 2. The van der Waals surface area contributed by atoms with Crippen LogP contribution in [0.3, 0.4) is 0 Å². The van der Waals surface area contributed by atoms with E-state index in [0.29, 0.717) is 17.1 Å². The van der Waals surface area contributed by atoms with Crippen LogP contribution in [0.5, 0.6) is 0 Å². The molecule has 1 amide bonds. The zero-order valence-corrected chi connectivity index (χ0v) is 14.2. The van der Waals surface area contributed by atoms with Crippen molar-refractivity contribution >= 4 is 17.3 Å². The molecule has 26 heavy (non-hydrogen) atoms. The van der Waals surface area contributed by atoms with Crippen molar-refractivity contribution in [3.05, 3.63) is 53.9 Å². The van der Waals surface area contributed by atoms with Crippen molar-refractivity contribution in [2.75, 3.05) is 18.4 Å². The summed E-state index contributed by atoms with van der Waals surface area (Å²) in [5.41, 5.74) is 0.467. The van der Waals surface area contributed by atoms with E-state index in [4.69, 9.17) is 0 Å². The Balaban J connectivity index is 1.69. The molecule has 1 saturated heterocycles. The minimum absolute atomic E-state index is 0.0995. The summed E-state index contributed by atoms with van der Waals surface area (Å²) in [5.74, 6) is -0.0995. The van der Waals surface area contributed by atoms with Crippen LogP contribution < -0.4 is 5.32 Å². The van der Waals surface area contributed by atoms with E-state index in [9.17, 15) is 18.0 Å². The highest BCUT2D eigenvalue weighted by atomic mass is 19.4. The van der Waals surface area contributed by atoms with E-state index in [2.05, 4.69) is 10.3 Å². The van der Waals surface area contributed by atoms with Crippen LogP contribution in [0.15, 0.2) is 42.6 Å². The molecule has 7 heteroatoms. The van der Waals surface area contributed by atoms with Crippen molar-refractivity contribution in [2.24, 2.45) is 0 Å². The van der Waals surface area contributed by atoms with Crippen molar-refractivity contribution in [1.82, 2.24) is 9.88 Å². The first-order chi connectivity index (χ1) is 12.4. The molecule has 0 radical (unpaired) electrons. The Morgan fingerprint density at radius 3 is 2.35 bits per heavy atom. The van der Waals surface area contributed by atoms with E-state index in [-0.39, 0.29) is 5.91 Å². The molecular weight excluding hydrogens is 343 g/mol. The summed E-state index contributed by atoms with van der Waals surface area (Å²) in [5, 5.41) is 2.88. The van der Waals surface area contributed by atoms with Gasteiger partial charge in [0.15, 0.2) is 0 Å². The van der Waals surface area contributed by atoms with Gasteiger partial charge in [0.05, 0.1) is 17.4 Å². The molecule has 0 saturated carbocycles. The molecule has 1 aromatic carbocycles. The standard InChI is InChI=1S/C19H20F3N3O/c20-19(21,22)14-6-5-7-15(12-14)24-16-8-9-17(23-13-16)18(26)25-10-3-1-2-4-11-25/h5-9,12-13,24H,1-4,10-11H2. The monoisotopic (exact) mass is 363 g/mol. The van der Waals surface area contributed by atoms with Gasteiger partial charge in [-0.15, -0.1) is 0 Å². The number of aromatic nitrogens is 1. The number of hydrogen-bond donors (Lipinski definition) is 1. The van der Waals surface area contributed by atoms with Gasteiger partial charge in [0.2, 0.25) is 0 Å². The Labute approximate surface area is 150 Å². The Kier molecular flexibility index (Phi) is 5.44. The molecule has 0 spiro atoms. The average molecular weight is 363 g/mol. The lowest BCUT2D eigenvalue weighted by Gasteiger charge is -2.19. The van der Waals surface area contributed by atoms with Gasteiger partial charge in [-0.3, -0.25) is 4.79 Å². The highest BCUT2D eigenvalue weighted by molar-refractivity contribution is 5.92. The first kappa shape index (κ1) is 18.2. The fraction of sp³-hybridized carbons (Fsp3) is 0.368. The number of anilines is 2. The second-order valence-corrected chi connectivity index (χ2v) is 6.34. The van der Waals surface area contributed by atoms with Crippen molar-refractivity contribution in [1.29, 1.82) is 0 Å². The molecule has 2 heterocycles. The van der Waals surface area contributed by atoms with Crippen LogP contribution in [0.4, 0.5) is 24.5 Å². The molecule has 0 aliphatic carbocycles. The molecule has 3 rings (SSSR count). The fourth-order valence-corrected chi connectivity index (χ4v) is 2.97. The zero-order chi connectivity index (χ0) is 18.6. The van der Waals surface area contributed by atoms with Crippen LogP contribution in [-0.4, -0.2) is 28.9 Å². The van der Waals surface area contributed by atoms with Gasteiger partial charge in [0, 0.05) is 18.8 Å². The second kappa shape index (κ2) is 7.76. The topological polar surface area (TPSA) is 45.2 Å². The van der Waals surface area contributed by atoms with Crippen LogP contribution in [0, 0.1) is 0 Å². The lowest BCUT2D eigenvalue weighted by atomic mass is 10.2. The number of pyridine rings is 1. The molecule has 1 fully saturated rings. The summed E-state index contributed by atoms with van der Waals surface area (Å²) in [4.78, 5) is 18.5. The summed E-state index contributed by atoms with van der Waals surface area (Å²) >= 11 is 0. The summed E-state index contributed by atoms with van der Waals surface area (Å²) in [7, 11) is 0. The number of carbonyl (C=O) groups excluding carboxylic acids is 1. The maximum atomic E-state index is 12.8. The molecule has 1 aliphatic heterocycles. The molecule has 0 atom stereocenters. The number of likely N-dealkylation sites (tertiary alicyclic amines) is 1. The molecule has 1 N–H and O–H groups in total. The third-order valence-electron chi connectivity index (χ3n) is 4.35.